The van der Waals surface area contributed by atoms with Crippen LogP contribution in [0.25, 0.3) is 0 Å². The fourth-order valence-electron chi connectivity index (χ4n) is 3.15. The summed E-state index contributed by atoms with van der Waals surface area (Å²) in [5.41, 5.74) is 13.8. The zero-order valence-electron chi connectivity index (χ0n) is 14.6. The Labute approximate surface area is 153 Å². The van der Waals surface area contributed by atoms with Gasteiger partial charge in [-0.3, -0.25) is 9.59 Å². The average Bonchev–Trinajstić information content (AvgIpc) is 2.73. The summed E-state index contributed by atoms with van der Waals surface area (Å²) in [4.78, 5) is 28.6. The number of benzene rings is 2. The molecular weight excluding hydrogens is 328 g/mol. The van der Waals surface area contributed by atoms with Crippen LogP contribution < -0.4 is 11.5 Å². The lowest BCUT2D eigenvalue weighted by Gasteiger charge is -2.37. The first kappa shape index (κ1) is 18.1. The van der Waals surface area contributed by atoms with Crippen LogP contribution in [0.15, 0.2) is 60.7 Å². The average molecular weight is 352 g/mol. The molecule has 0 bridgehead atoms. The first-order chi connectivity index (χ1) is 12.6. The Balaban J connectivity index is 1.57. The van der Waals surface area contributed by atoms with Gasteiger partial charge in [0.25, 0.3) is 0 Å². The van der Waals surface area contributed by atoms with Crippen molar-refractivity contribution in [2.45, 2.75) is 12.1 Å². The molecule has 2 amide bonds. The second kappa shape index (κ2) is 8.12. The van der Waals surface area contributed by atoms with E-state index in [9.17, 15) is 9.59 Å². The maximum absolute atomic E-state index is 12.6. The van der Waals surface area contributed by atoms with E-state index in [0.717, 1.165) is 11.1 Å². The highest BCUT2D eigenvalue weighted by Crippen LogP contribution is 2.17. The molecule has 1 heterocycles. The summed E-state index contributed by atoms with van der Waals surface area (Å²) in [5.74, 6) is -0.230. The third kappa shape index (κ3) is 3.92. The van der Waals surface area contributed by atoms with Crippen LogP contribution in [-0.2, 0) is 9.59 Å². The van der Waals surface area contributed by atoms with Crippen LogP contribution in [0.3, 0.4) is 0 Å². The number of hydrogen-bond acceptors (Lipinski definition) is 4. The molecule has 1 fully saturated rings. The molecule has 2 aromatic rings. The fraction of sp³-hybridized carbons (Fsp3) is 0.300. The zero-order chi connectivity index (χ0) is 18.5. The van der Waals surface area contributed by atoms with E-state index in [1.54, 1.807) is 9.80 Å². The Morgan fingerprint density at radius 3 is 1.27 bits per heavy atom. The van der Waals surface area contributed by atoms with Crippen molar-refractivity contribution in [1.82, 2.24) is 9.80 Å². The molecule has 0 aliphatic carbocycles. The largest absolute Gasteiger partial charge is 0.337 e. The lowest BCUT2D eigenvalue weighted by atomic mass is 10.1. The maximum atomic E-state index is 12.6. The molecule has 4 N–H and O–H groups in total. The molecule has 0 saturated carbocycles. The Morgan fingerprint density at radius 2 is 0.962 bits per heavy atom. The summed E-state index contributed by atoms with van der Waals surface area (Å²) < 4.78 is 0. The Kier molecular flexibility index (Phi) is 5.65. The highest BCUT2D eigenvalue weighted by atomic mass is 16.2. The van der Waals surface area contributed by atoms with Gasteiger partial charge < -0.3 is 21.3 Å². The highest BCUT2D eigenvalue weighted by Gasteiger charge is 2.30. The first-order valence-corrected chi connectivity index (χ1v) is 8.76. The standard InChI is InChI=1S/C20H24N4O2/c21-17(15-7-3-1-4-8-15)19(25)23-11-13-24(14-12-23)20(26)18(22)16-9-5-2-6-10-16/h1-10,17-18H,11-14,21-22H2/t17-,18-/m0/s1. The zero-order valence-corrected chi connectivity index (χ0v) is 14.6. The second-order valence-corrected chi connectivity index (χ2v) is 6.43. The van der Waals surface area contributed by atoms with E-state index in [4.69, 9.17) is 11.5 Å². The van der Waals surface area contributed by atoms with E-state index in [0.29, 0.717) is 26.2 Å². The Morgan fingerprint density at radius 1 is 0.654 bits per heavy atom. The van der Waals surface area contributed by atoms with Gasteiger partial charge in [-0.1, -0.05) is 60.7 Å². The molecule has 0 aromatic heterocycles. The number of hydrogen-bond donors (Lipinski definition) is 2. The van der Waals surface area contributed by atoms with Crippen LogP contribution in [-0.4, -0.2) is 47.8 Å². The molecule has 136 valence electrons. The molecule has 1 saturated heterocycles. The molecule has 1 aliphatic rings. The Hall–Kier alpha value is -2.70. The van der Waals surface area contributed by atoms with Gasteiger partial charge >= 0.3 is 0 Å². The monoisotopic (exact) mass is 352 g/mol. The van der Waals surface area contributed by atoms with Gasteiger partial charge in [0.15, 0.2) is 0 Å². The third-order valence-corrected chi connectivity index (χ3v) is 4.75. The molecule has 1 aliphatic heterocycles. The maximum Gasteiger partial charge on any atom is 0.244 e. The molecule has 0 unspecified atom stereocenters. The minimum atomic E-state index is -0.676. The van der Waals surface area contributed by atoms with Gasteiger partial charge in [-0.05, 0) is 11.1 Å². The number of amides is 2. The molecule has 0 radical (unpaired) electrons. The van der Waals surface area contributed by atoms with E-state index >= 15 is 0 Å². The van der Waals surface area contributed by atoms with Gasteiger partial charge in [-0.2, -0.15) is 0 Å². The van der Waals surface area contributed by atoms with Crippen LogP contribution in [0.1, 0.15) is 23.2 Å². The SMILES string of the molecule is N[C@H](C(=O)N1CCN(C(=O)[C@@H](N)c2ccccc2)CC1)c1ccccc1. The lowest BCUT2D eigenvalue weighted by Crippen LogP contribution is -2.54. The van der Waals surface area contributed by atoms with E-state index in [1.165, 1.54) is 0 Å². The molecule has 26 heavy (non-hydrogen) atoms. The first-order valence-electron chi connectivity index (χ1n) is 8.76. The summed E-state index contributed by atoms with van der Waals surface area (Å²) in [6.45, 7) is 1.86. The van der Waals surface area contributed by atoms with E-state index in [-0.39, 0.29) is 11.8 Å². The smallest absolute Gasteiger partial charge is 0.244 e. The third-order valence-electron chi connectivity index (χ3n) is 4.75. The van der Waals surface area contributed by atoms with E-state index in [2.05, 4.69) is 0 Å². The number of rotatable bonds is 4. The van der Waals surface area contributed by atoms with Gasteiger partial charge in [0.2, 0.25) is 11.8 Å². The topological polar surface area (TPSA) is 92.7 Å². The van der Waals surface area contributed by atoms with E-state index < -0.39 is 12.1 Å². The number of carbonyl (C=O) groups is 2. The number of piperazine rings is 1. The number of carbonyl (C=O) groups excluding carboxylic acids is 2. The van der Waals surface area contributed by atoms with Gasteiger partial charge in [0, 0.05) is 26.2 Å². The predicted molar refractivity (Wildman–Crippen MR) is 99.9 cm³/mol. The van der Waals surface area contributed by atoms with Crippen molar-refractivity contribution in [3.63, 3.8) is 0 Å². The van der Waals surface area contributed by atoms with Crippen LogP contribution >= 0.6 is 0 Å². The van der Waals surface area contributed by atoms with Crippen molar-refractivity contribution in [3.8, 4) is 0 Å². The number of nitrogens with zero attached hydrogens (tertiary/aromatic N) is 2. The minimum Gasteiger partial charge on any atom is -0.337 e. The molecular formula is C20H24N4O2. The van der Waals surface area contributed by atoms with Crippen LogP contribution in [0.5, 0.6) is 0 Å². The summed E-state index contributed by atoms with van der Waals surface area (Å²) in [7, 11) is 0. The van der Waals surface area contributed by atoms with Crippen LogP contribution in [0.4, 0.5) is 0 Å². The number of nitrogens with two attached hydrogens (primary N) is 2. The molecule has 6 heteroatoms. The molecule has 2 aromatic carbocycles. The summed E-state index contributed by atoms with van der Waals surface area (Å²) in [6.07, 6.45) is 0. The lowest BCUT2D eigenvalue weighted by molar-refractivity contribution is -0.141. The van der Waals surface area contributed by atoms with Crippen molar-refractivity contribution in [3.05, 3.63) is 71.8 Å². The van der Waals surface area contributed by atoms with Crippen molar-refractivity contribution >= 4 is 11.8 Å². The van der Waals surface area contributed by atoms with Crippen molar-refractivity contribution in [2.75, 3.05) is 26.2 Å². The highest BCUT2D eigenvalue weighted by molar-refractivity contribution is 5.85. The van der Waals surface area contributed by atoms with Crippen LogP contribution in [0, 0.1) is 0 Å². The molecule has 3 rings (SSSR count). The van der Waals surface area contributed by atoms with Crippen molar-refractivity contribution in [2.24, 2.45) is 11.5 Å². The van der Waals surface area contributed by atoms with Crippen LogP contribution in [0.2, 0.25) is 0 Å². The Bertz CT molecular complexity index is 677. The van der Waals surface area contributed by atoms with Gasteiger partial charge in [0.1, 0.15) is 12.1 Å². The van der Waals surface area contributed by atoms with E-state index in [1.807, 2.05) is 60.7 Å². The second-order valence-electron chi connectivity index (χ2n) is 6.43. The normalized spacial score (nSPS) is 16.8. The molecule has 6 nitrogen and oxygen atoms in total. The predicted octanol–water partition coefficient (Wildman–Crippen LogP) is 1.06. The quantitative estimate of drug-likeness (QED) is 0.860. The summed E-state index contributed by atoms with van der Waals surface area (Å²) in [6, 6.07) is 17.3. The molecule has 2 atom stereocenters. The fourth-order valence-corrected chi connectivity index (χ4v) is 3.15. The molecule has 0 spiro atoms. The summed E-state index contributed by atoms with van der Waals surface area (Å²) in [5, 5.41) is 0. The van der Waals surface area contributed by atoms with Gasteiger partial charge in [-0.25, -0.2) is 0 Å². The minimum absolute atomic E-state index is 0.115. The summed E-state index contributed by atoms with van der Waals surface area (Å²) >= 11 is 0. The van der Waals surface area contributed by atoms with Gasteiger partial charge in [0.05, 0.1) is 0 Å². The van der Waals surface area contributed by atoms with Crippen molar-refractivity contribution < 1.29 is 9.59 Å². The van der Waals surface area contributed by atoms with Gasteiger partial charge in [-0.15, -0.1) is 0 Å². The van der Waals surface area contributed by atoms with Crippen molar-refractivity contribution in [1.29, 1.82) is 0 Å².